The van der Waals surface area contributed by atoms with Crippen molar-refractivity contribution in [3.05, 3.63) is 30.1 Å². The molecule has 0 spiro atoms. The number of aliphatic carboxylic acids is 1. The maximum atomic E-state index is 11.5. The Kier molecular flexibility index (Phi) is 2.71. The van der Waals surface area contributed by atoms with Crippen LogP contribution in [-0.2, 0) is 15.1 Å². The summed E-state index contributed by atoms with van der Waals surface area (Å²) < 4.78 is 4.78. The minimum atomic E-state index is -1.49. The molecule has 2 heterocycles. The van der Waals surface area contributed by atoms with E-state index in [1.165, 1.54) is 18.0 Å². The van der Waals surface area contributed by atoms with Crippen LogP contribution in [0, 0.1) is 0 Å². The molecule has 1 aromatic rings. The monoisotopic (exact) mass is 236 g/mol. The Hall–Kier alpha value is -2.11. The standard InChI is InChI=1S/C11H12N2O4/c1-11(9(14)15,8-4-2-3-5-12-8)13-6-7-17-10(13)16/h2-5H,6-7H2,1H3,(H,14,15). The fourth-order valence-electron chi connectivity index (χ4n) is 1.81. The van der Waals surface area contributed by atoms with Gasteiger partial charge in [0.25, 0.3) is 0 Å². The molecule has 2 rings (SSSR count). The van der Waals surface area contributed by atoms with E-state index in [1.54, 1.807) is 18.2 Å². The molecule has 1 atom stereocenters. The van der Waals surface area contributed by atoms with Crippen molar-refractivity contribution in [3.63, 3.8) is 0 Å². The minimum absolute atomic E-state index is 0.203. The van der Waals surface area contributed by atoms with Crippen molar-refractivity contribution in [2.24, 2.45) is 0 Å². The lowest BCUT2D eigenvalue weighted by molar-refractivity contribution is -0.149. The molecular weight excluding hydrogens is 224 g/mol. The van der Waals surface area contributed by atoms with Crippen molar-refractivity contribution in [3.8, 4) is 0 Å². The lowest BCUT2D eigenvalue weighted by Crippen LogP contribution is -2.50. The average molecular weight is 236 g/mol. The zero-order valence-corrected chi connectivity index (χ0v) is 9.29. The first-order valence-corrected chi connectivity index (χ1v) is 5.16. The van der Waals surface area contributed by atoms with Crippen LogP contribution >= 0.6 is 0 Å². The Morgan fingerprint density at radius 2 is 2.35 bits per heavy atom. The summed E-state index contributed by atoms with van der Waals surface area (Å²) in [4.78, 5) is 28.2. The fraction of sp³-hybridized carbons (Fsp3) is 0.364. The number of ether oxygens (including phenoxy) is 1. The zero-order chi connectivity index (χ0) is 12.5. The number of carboxylic acid groups (broad SMARTS) is 1. The predicted octanol–water partition coefficient (Wildman–Crippen LogP) is 0.834. The topological polar surface area (TPSA) is 79.7 Å². The summed E-state index contributed by atoms with van der Waals surface area (Å²) in [5.74, 6) is -1.13. The number of carbonyl (C=O) groups excluding carboxylic acids is 1. The van der Waals surface area contributed by atoms with Gasteiger partial charge in [0, 0.05) is 6.20 Å². The Morgan fingerprint density at radius 3 is 2.82 bits per heavy atom. The van der Waals surface area contributed by atoms with Crippen LogP contribution in [-0.4, -0.2) is 40.2 Å². The number of carboxylic acids is 1. The Morgan fingerprint density at radius 1 is 1.59 bits per heavy atom. The summed E-state index contributed by atoms with van der Waals surface area (Å²) in [6.45, 7) is 1.90. The highest BCUT2D eigenvalue weighted by Gasteiger charge is 2.48. The average Bonchev–Trinajstić information content (AvgIpc) is 2.76. The minimum Gasteiger partial charge on any atom is -0.479 e. The van der Waals surface area contributed by atoms with Crippen molar-refractivity contribution in [2.75, 3.05) is 13.2 Å². The highest BCUT2D eigenvalue weighted by atomic mass is 16.6. The molecule has 1 aromatic heterocycles. The van der Waals surface area contributed by atoms with Gasteiger partial charge in [0.1, 0.15) is 6.61 Å². The quantitative estimate of drug-likeness (QED) is 0.840. The number of carbonyl (C=O) groups is 2. The first-order valence-electron chi connectivity index (χ1n) is 5.16. The number of nitrogens with zero attached hydrogens (tertiary/aromatic N) is 2. The van der Waals surface area contributed by atoms with Crippen LogP contribution < -0.4 is 0 Å². The molecule has 6 heteroatoms. The van der Waals surface area contributed by atoms with Crippen molar-refractivity contribution in [2.45, 2.75) is 12.5 Å². The summed E-state index contributed by atoms with van der Waals surface area (Å²) in [7, 11) is 0. The first kappa shape index (κ1) is 11.4. The highest BCUT2D eigenvalue weighted by molar-refractivity contribution is 5.85. The van der Waals surface area contributed by atoms with Gasteiger partial charge in [-0.1, -0.05) is 6.07 Å². The molecule has 0 bridgehead atoms. The molecule has 0 aliphatic carbocycles. The van der Waals surface area contributed by atoms with Crippen molar-refractivity contribution < 1.29 is 19.4 Å². The number of aromatic nitrogens is 1. The molecule has 1 N–H and O–H groups in total. The van der Waals surface area contributed by atoms with E-state index in [2.05, 4.69) is 4.98 Å². The van der Waals surface area contributed by atoms with E-state index in [0.717, 1.165) is 0 Å². The maximum absolute atomic E-state index is 11.5. The zero-order valence-electron chi connectivity index (χ0n) is 9.29. The van der Waals surface area contributed by atoms with Gasteiger partial charge < -0.3 is 9.84 Å². The number of hydrogen-bond donors (Lipinski definition) is 1. The Bertz CT molecular complexity index is 448. The molecule has 1 unspecified atom stereocenters. The van der Waals surface area contributed by atoms with Gasteiger partial charge in [-0.3, -0.25) is 9.88 Å². The number of amides is 1. The second-order valence-electron chi connectivity index (χ2n) is 3.86. The first-order chi connectivity index (χ1) is 8.06. The van der Waals surface area contributed by atoms with E-state index in [0.29, 0.717) is 5.69 Å². The second kappa shape index (κ2) is 4.04. The molecule has 6 nitrogen and oxygen atoms in total. The molecule has 90 valence electrons. The van der Waals surface area contributed by atoms with Gasteiger partial charge in [0.15, 0.2) is 5.54 Å². The van der Waals surface area contributed by atoms with E-state index in [-0.39, 0.29) is 13.2 Å². The molecular formula is C11H12N2O4. The van der Waals surface area contributed by atoms with Gasteiger partial charge in [0.2, 0.25) is 0 Å². The van der Waals surface area contributed by atoms with Crippen LogP contribution in [0.2, 0.25) is 0 Å². The molecule has 17 heavy (non-hydrogen) atoms. The van der Waals surface area contributed by atoms with E-state index >= 15 is 0 Å². The third-order valence-electron chi connectivity index (χ3n) is 2.88. The molecule has 0 radical (unpaired) electrons. The number of rotatable bonds is 3. The van der Waals surface area contributed by atoms with Crippen LogP contribution in [0.4, 0.5) is 4.79 Å². The van der Waals surface area contributed by atoms with Crippen LogP contribution in [0.5, 0.6) is 0 Å². The summed E-state index contributed by atoms with van der Waals surface area (Å²) >= 11 is 0. The SMILES string of the molecule is CC(C(=O)O)(c1ccccn1)N1CCOC1=O. The fourth-order valence-corrected chi connectivity index (χ4v) is 1.81. The summed E-state index contributed by atoms with van der Waals surface area (Å²) in [5.41, 5.74) is -1.18. The lowest BCUT2D eigenvalue weighted by atomic mass is 9.95. The molecule has 1 aliphatic rings. The van der Waals surface area contributed by atoms with Gasteiger partial charge in [0.05, 0.1) is 12.2 Å². The van der Waals surface area contributed by atoms with Crippen LogP contribution in [0.3, 0.4) is 0 Å². The van der Waals surface area contributed by atoms with Gasteiger partial charge in [-0.15, -0.1) is 0 Å². The van der Waals surface area contributed by atoms with Gasteiger partial charge in [-0.25, -0.2) is 9.59 Å². The number of cyclic esters (lactones) is 1. The normalized spacial score (nSPS) is 18.6. The maximum Gasteiger partial charge on any atom is 0.411 e. The van der Waals surface area contributed by atoms with E-state index in [4.69, 9.17) is 4.74 Å². The van der Waals surface area contributed by atoms with Crippen molar-refractivity contribution in [1.82, 2.24) is 9.88 Å². The van der Waals surface area contributed by atoms with Crippen LogP contribution in [0.15, 0.2) is 24.4 Å². The summed E-state index contributed by atoms with van der Waals surface area (Å²) in [6.07, 6.45) is 0.873. The molecule has 0 saturated carbocycles. The number of pyridine rings is 1. The van der Waals surface area contributed by atoms with Crippen LogP contribution in [0.25, 0.3) is 0 Å². The summed E-state index contributed by atoms with van der Waals surface area (Å²) in [6, 6.07) is 4.96. The van der Waals surface area contributed by atoms with E-state index < -0.39 is 17.6 Å². The lowest BCUT2D eigenvalue weighted by Gasteiger charge is -2.32. The van der Waals surface area contributed by atoms with Gasteiger partial charge in [-0.05, 0) is 19.1 Å². The molecule has 0 aromatic carbocycles. The van der Waals surface area contributed by atoms with Gasteiger partial charge in [-0.2, -0.15) is 0 Å². The van der Waals surface area contributed by atoms with E-state index in [9.17, 15) is 14.7 Å². The highest BCUT2D eigenvalue weighted by Crippen LogP contribution is 2.29. The second-order valence-corrected chi connectivity index (χ2v) is 3.86. The molecule has 1 saturated heterocycles. The van der Waals surface area contributed by atoms with E-state index in [1.807, 2.05) is 0 Å². The summed E-state index contributed by atoms with van der Waals surface area (Å²) in [5, 5.41) is 9.37. The Balaban J connectivity index is 2.46. The molecule has 1 aliphatic heterocycles. The molecule has 1 amide bonds. The predicted molar refractivity (Wildman–Crippen MR) is 57.3 cm³/mol. The van der Waals surface area contributed by atoms with Crippen molar-refractivity contribution in [1.29, 1.82) is 0 Å². The third kappa shape index (κ3) is 1.71. The van der Waals surface area contributed by atoms with Crippen LogP contribution in [0.1, 0.15) is 12.6 Å². The van der Waals surface area contributed by atoms with Gasteiger partial charge >= 0.3 is 12.1 Å². The van der Waals surface area contributed by atoms with Crippen molar-refractivity contribution >= 4 is 12.1 Å². The third-order valence-corrected chi connectivity index (χ3v) is 2.88. The largest absolute Gasteiger partial charge is 0.479 e. The molecule has 1 fully saturated rings. The smallest absolute Gasteiger partial charge is 0.411 e. The Labute approximate surface area is 97.8 Å². The number of hydrogen-bond acceptors (Lipinski definition) is 4.